The molecule has 2 rings (SSSR count). The molecular formula is C13H7ClF3NO2. The van der Waals surface area contributed by atoms with Crippen LogP contribution in [0.5, 0.6) is 5.75 Å². The van der Waals surface area contributed by atoms with Gasteiger partial charge in [0.2, 0.25) is 0 Å². The summed E-state index contributed by atoms with van der Waals surface area (Å²) < 4.78 is 40.0. The lowest BCUT2D eigenvalue weighted by atomic mass is 10.0. The minimum Gasteiger partial charge on any atom is -0.404 e. The highest BCUT2D eigenvalue weighted by molar-refractivity contribution is 6.32. The molecule has 0 spiro atoms. The van der Waals surface area contributed by atoms with Crippen molar-refractivity contribution in [1.82, 2.24) is 4.98 Å². The van der Waals surface area contributed by atoms with Crippen LogP contribution in [0.15, 0.2) is 42.7 Å². The lowest BCUT2D eigenvalue weighted by Gasteiger charge is -2.11. The summed E-state index contributed by atoms with van der Waals surface area (Å²) in [5.41, 5.74) is 0.524. The highest BCUT2D eigenvalue weighted by Gasteiger charge is 2.32. The second kappa shape index (κ2) is 5.50. The van der Waals surface area contributed by atoms with Gasteiger partial charge in [-0.1, -0.05) is 11.6 Å². The molecule has 0 unspecified atom stereocenters. The van der Waals surface area contributed by atoms with Crippen molar-refractivity contribution in [3.8, 4) is 5.75 Å². The third kappa shape index (κ3) is 3.48. The first-order chi connectivity index (χ1) is 9.37. The van der Waals surface area contributed by atoms with E-state index >= 15 is 0 Å². The van der Waals surface area contributed by atoms with Crippen LogP contribution >= 0.6 is 11.6 Å². The van der Waals surface area contributed by atoms with E-state index in [9.17, 15) is 18.0 Å². The summed E-state index contributed by atoms with van der Waals surface area (Å²) in [5, 5.41) is -0.290. The first-order valence-corrected chi connectivity index (χ1v) is 5.74. The SMILES string of the molecule is O=C(c1ccncc1)c1ccc(OC(F)(F)F)c(Cl)c1. The highest BCUT2D eigenvalue weighted by Crippen LogP contribution is 2.31. The van der Waals surface area contributed by atoms with Crippen molar-refractivity contribution in [1.29, 1.82) is 0 Å². The van der Waals surface area contributed by atoms with E-state index < -0.39 is 12.1 Å². The molecule has 0 N–H and O–H groups in total. The van der Waals surface area contributed by atoms with Crippen molar-refractivity contribution in [2.24, 2.45) is 0 Å². The van der Waals surface area contributed by atoms with E-state index in [1.165, 1.54) is 30.6 Å². The summed E-state index contributed by atoms with van der Waals surface area (Å²) in [6.07, 6.45) is -1.95. The molecule has 1 heterocycles. The summed E-state index contributed by atoms with van der Waals surface area (Å²) in [6.45, 7) is 0. The van der Waals surface area contributed by atoms with Gasteiger partial charge in [-0.05, 0) is 30.3 Å². The topological polar surface area (TPSA) is 39.2 Å². The van der Waals surface area contributed by atoms with Crippen LogP contribution in [0.2, 0.25) is 5.02 Å². The molecule has 3 nitrogen and oxygen atoms in total. The Hall–Kier alpha value is -2.08. The van der Waals surface area contributed by atoms with E-state index in [0.717, 1.165) is 12.1 Å². The molecule has 0 aliphatic heterocycles. The number of ether oxygens (including phenoxy) is 1. The number of aromatic nitrogens is 1. The Morgan fingerprint density at radius 3 is 2.30 bits per heavy atom. The fraction of sp³-hybridized carbons (Fsp3) is 0.0769. The smallest absolute Gasteiger partial charge is 0.404 e. The first kappa shape index (κ1) is 14.3. The molecule has 0 saturated carbocycles. The number of hydrogen-bond donors (Lipinski definition) is 0. The second-order valence-electron chi connectivity index (χ2n) is 3.76. The Bertz CT molecular complexity index is 629. The Kier molecular flexibility index (Phi) is 3.94. The van der Waals surface area contributed by atoms with Gasteiger partial charge < -0.3 is 4.74 Å². The number of rotatable bonds is 3. The number of carbonyl (C=O) groups is 1. The molecule has 1 aromatic heterocycles. The van der Waals surface area contributed by atoms with Crippen LogP contribution in [0.25, 0.3) is 0 Å². The number of ketones is 1. The molecular weight excluding hydrogens is 295 g/mol. The number of carbonyl (C=O) groups excluding carboxylic acids is 1. The fourth-order valence-corrected chi connectivity index (χ4v) is 1.74. The minimum absolute atomic E-state index is 0.163. The van der Waals surface area contributed by atoms with Crippen LogP contribution in [0.4, 0.5) is 13.2 Å². The lowest BCUT2D eigenvalue weighted by Crippen LogP contribution is -2.17. The maximum absolute atomic E-state index is 12.1. The van der Waals surface area contributed by atoms with E-state index in [1.807, 2.05) is 0 Å². The largest absolute Gasteiger partial charge is 0.573 e. The van der Waals surface area contributed by atoms with Crippen molar-refractivity contribution in [3.05, 3.63) is 58.9 Å². The number of nitrogens with zero attached hydrogens (tertiary/aromatic N) is 1. The summed E-state index contributed by atoms with van der Waals surface area (Å²) >= 11 is 5.68. The Morgan fingerprint density at radius 2 is 1.75 bits per heavy atom. The van der Waals surface area contributed by atoms with Crippen LogP contribution in [-0.2, 0) is 0 Å². The van der Waals surface area contributed by atoms with Gasteiger partial charge in [0.05, 0.1) is 5.02 Å². The van der Waals surface area contributed by atoms with Gasteiger partial charge in [-0.15, -0.1) is 13.2 Å². The molecule has 0 aliphatic carbocycles. The van der Waals surface area contributed by atoms with E-state index in [-0.39, 0.29) is 16.4 Å². The summed E-state index contributed by atoms with van der Waals surface area (Å²) in [4.78, 5) is 15.8. The molecule has 2 aromatic rings. The average molecular weight is 302 g/mol. The van der Waals surface area contributed by atoms with E-state index in [4.69, 9.17) is 11.6 Å². The van der Waals surface area contributed by atoms with Crippen LogP contribution < -0.4 is 4.74 Å². The molecule has 20 heavy (non-hydrogen) atoms. The van der Waals surface area contributed by atoms with Gasteiger partial charge in [-0.3, -0.25) is 9.78 Å². The van der Waals surface area contributed by atoms with Crippen LogP contribution in [0.1, 0.15) is 15.9 Å². The van der Waals surface area contributed by atoms with Gasteiger partial charge in [0.1, 0.15) is 5.75 Å². The van der Waals surface area contributed by atoms with Crippen molar-refractivity contribution in [2.45, 2.75) is 6.36 Å². The number of hydrogen-bond acceptors (Lipinski definition) is 3. The zero-order valence-corrected chi connectivity index (χ0v) is 10.6. The summed E-state index contributed by atoms with van der Waals surface area (Å²) in [5.74, 6) is -0.918. The first-order valence-electron chi connectivity index (χ1n) is 5.37. The molecule has 0 bridgehead atoms. The van der Waals surface area contributed by atoms with Crippen LogP contribution in [-0.4, -0.2) is 17.1 Å². The maximum atomic E-state index is 12.1. The van der Waals surface area contributed by atoms with Gasteiger partial charge >= 0.3 is 6.36 Å². The predicted octanol–water partition coefficient (Wildman–Crippen LogP) is 3.86. The third-order valence-corrected chi connectivity index (χ3v) is 2.66. The maximum Gasteiger partial charge on any atom is 0.573 e. The predicted molar refractivity (Wildman–Crippen MR) is 65.8 cm³/mol. The van der Waals surface area contributed by atoms with Gasteiger partial charge in [0, 0.05) is 23.5 Å². The molecule has 0 radical (unpaired) electrons. The lowest BCUT2D eigenvalue weighted by molar-refractivity contribution is -0.274. The monoisotopic (exact) mass is 301 g/mol. The van der Waals surface area contributed by atoms with Crippen molar-refractivity contribution in [3.63, 3.8) is 0 Å². The highest BCUT2D eigenvalue weighted by atomic mass is 35.5. The molecule has 0 saturated heterocycles. The molecule has 0 amide bonds. The Morgan fingerprint density at radius 1 is 1.10 bits per heavy atom. The normalized spacial score (nSPS) is 11.2. The number of benzene rings is 1. The fourth-order valence-electron chi connectivity index (χ4n) is 1.52. The second-order valence-corrected chi connectivity index (χ2v) is 4.17. The van der Waals surface area contributed by atoms with Crippen LogP contribution in [0, 0.1) is 0 Å². The van der Waals surface area contributed by atoms with Gasteiger partial charge in [0.25, 0.3) is 0 Å². The van der Waals surface area contributed by atoms with Crippen molar-refractivity contribution < 1.29 is 22.7 Å². The third-order valence-electron chi connectivity index (χ3n) is 2.36. The number of pyridine rings is 1. The molecule has 7 heteroatoms. The molecule has 0 aliphatic rings. The molecule has 0 fully saturated rings. The van der Waals surface area contributed by atoms with Crippen molar-refractivity contribution >= 4 is 17.4 Å². The van der Waals surface area contributed by atoms with E-state index in [2.05, 4.69) is 9.72 Å². The van der Waals surface area contributed by atoms with Crippen molar-refractivity contribution in [2.75, 3.05) is 0 Å². The average Bonchev–Trinajstić information content (AvgIpc) is 2.40. The molecule has 104 valence electrons. The van der Waals surface area contributed by atoms with E-state index in [0.29, 0.717) is 5.56 Å². The van der Waals surface area contributed by atoms with Gasteiger partial charge in [-0.2, -0.15) is 0 Å². The molecule has 0 atom stereocenters. The summed E-state index contributed by atoms with van der Waals surface area (Å²) in [7, 11) is 0. The Balaban J connectivity index is 2.28. The number of alkyl halides is 3. The summed E-state index contributed by atoms with van der Waals surface area (Å²) in [6, 6.07) is 6.35. The van der Waals surface area contributed by atoms with Gasteiger partial charge in [-0.25, -0.2) is 0 Å². The Labute approximate surface area is 117 Å². The zero-order chi connectivity index (χ0) is 14.8. The minimum atomic E-state index is -4.83. The number of halogens is 4. The van der Waals surface area contributed by atoms with Gasteiger partial charge in [0.15, 0.2) is 5.78 Å². The standard InChI is InChI=1S/C13H7ClF3NO2/c14-10-7-9(1-2-11(10)20-13(15,16)17)12(19)8-3-5-18-6-4-8/h1-7H. The van der Waals surface area contributed by atoms with Crippen LogP contribution in [0.3, 0.4) is 0 Å². The van der Waals surface area contributed by atoms with E-state index in [1.54, 1.807) is 0 Å². The zero-order valence-electron chi connectivity index (χ0n) is 9.82. The molecule has 1 aromatic carbocycles. The quantitative estimate of drug-likeness (QED) is 0.808.